The highest BCUT2D eigenvalue weighted by molar-refractivity contribution is 9.10. The molecule has 0 saturated heterocycles. The zero-order valence-electron chi connectivity index (χ0n) is 9.89. The molecule has 0 saturated carbocycles. The van der Waals surface area contributed by atoms with Crippen molar-refractivity contribution < 1.29 is 4.79 Å². The molecule has 3 nitrogen and oxygen atoms in total. The van der Waals surface area contributed by atoms with Crippen LogP contribution in [0.3, 0.4) is 0 Å². The van der Waals surface area contributed by atoms with E-state index in [1.54, 1.807) is 18.2 Å². The summed E-state index contributed by atoms with van der Waals surface area (Å²) in [5.41, 5.74) is 5.80. The molecule has 0 radical (unpaired) electrons. The standard InChI is InChI=1S/C12H16BrClN2O/c1-3-12(2,7-15)11(17)16-10-5-4-8(14)6-9(10)13/h4-6H,3,7,15H2,1-2H3,(H,16,17). The van der Waals surface area contributed by atoms with E-state index >= 15 is 0 Å². The number of nitrogens with one attached hydrogen (secondary N) is 1. The van der Waals surface area contributed by atoms with Crippen molar-refractivity contribution in [1.82, 2.24) is 0 Å². The van der Waals surface area contributed by atoms with Gasteiger partial charge in [0.2, 0.25) is 5.91 Å². The van der Waals surface area contributed by atoms with E-state index in [1.165, 1.54) is 0 Å². The van der Waals surface area contributed by atoms with Gasteiger partial charge >= 0.3 is 0 Å². The van der Waals surface area contributed by atoms with Crippen LogP contribution in [-0.2, 0) is 4.79 Å². The SMILES string of the molecule is CCC(C)(CN)C(=O)Nc1ccc(Cl)cc1Br. The number of benzene rings is 1. The molecule has 5 heteroatoms. The van der Waals surface area contributed by atoms with E-state index in [9.17, 15) is 4.79 Å². The summed E-state index contributed by atoms with van der Waals surface area (Å²) in [6.45, 7) is 4.12. The average molecular weight is 320 g/mol. The number of carbonyl (C=O) groups is 1. The summed E-state index contributed by atoms with van der Waals surface area (Å²) in [4.78, 5) is 12.1. The maximum Gasteiger partial charge on any atom is 0.231 e. The van der Waals surface area contributed by atoms with Crippen molar-refractivity contribution >= 4 is 39.1 Å². The van der Waals surface area contributed by atoms with Crippen LogP contribution in [0, 0.1) is 5.41 Å². The maximum absolute atomic E-state index is 12.1. The van der Waals surface area contributed by atoms with Crippen LogP contribution in [0.4, 0.5) is 5.69 Å². The fourth-order valence-electron chi connectivity index (χ4n) is 1.26. The van der Waals surface area contributed by atoms with Crippen molar-refractivity contribution in [2.45, 2.75) is 20.3 Å². The fraction of sp³-hybridized carbons (Fsp3) is 0.417. The summed E-state index contributed by atoms with van der Waals surface area (Å²) in [6, 6.07) is 5.23. The molecule has 0 aliphatic carbocycles. The molecule has 1 aromatic rings. The Hall–Kier alpha value is -0.580. The van der Waals surface area contributed by atoms with Crippen LogP contribution in [0.15, 0.2) is 22.7 Å². The number of anilines is 1. The third-order valence-corrected chi connectivity index (χ3v) is 3.85. The van der Waals surface area contributed by atoms with E-state index in [4.69, 9.17) is 17.3 Å². The highest BCUT2D eigenvalue weighted by Crippen LogP contribution is 2.28. The minimum atomic E-state index is -0.543. The van der Waals surface area contributed by atoms with Gasteiger partial charge in [-0.25, -0.2) is 0 Å². The Labute approximate surface area is 115 Å². The summed E-state index contributed by atoms with van der Waals surface area (Å²) >= 11 is 9.19. The fourth-order valence-corrected chi connectivity index (χ4v) is 2.04. The summed E-state index contributed by atoms with van der Waals surface area (Å²) in [7, 11) is 0. The molecule has 17 heavy (non-hydrogen) atoms. The van der Waals surface area contributed by atoms with E-state index in [0.717, 1.165) is 4.47 Å². The molecule has 0 fully saturated rings. The van der Waals surface area contributed by atoms with Gasteiger partial charge in [0.1, 0.15) is 0 Å². The molecule has 0 bridgehead atoms. The van der Waals surface area contributed by atoms with Crippen LogP contribution in [-0.4, -0.2) is 12.5 Å². The number of hydrogen-bond donors (Lipinski definition) is 2. The van der Waals surface area contributed by atoms with E-state index in [-0.39, 0.29) is 5.91 Å². The topological polar surface area (TPSA) is 55.1 Å². The Morgan fingerprint density at radius 2 is 2.24 bits per heavy atom. The summed E-state index contributed by atoms with van der Waals surface area (Å²) in [6.07, 6.45) is 0.695. The molecule has 0 heterocycles. The molecule has 94 valence electrons. The first-order valence-corrected chi connectivity index (χ1v) is 6.56. The Balaban J connectivity index is 2.88. The number of amides is 1. The van der Waals surface area contributed by atoms with Gasteiger partial charge in [0.25, 0.3) is 0 Å². The number of halogens is 2. The normalized spacial score (nSPS) is 14.2. The van der Waals surface area contributed by atoms with E-state index in [2.05, 4.69) is 21.2 Å². The first kappa shape index (κ1) is 14.5. The van der Waals surface area contributed by atoms with E-state index < -0.39 is 5.41 Å². The van der Waals surface area contributed by atoms with Gasteiger partial charge in [-0.2, -0.15) is 0 Å². The predicted octanol–water partition coefficient (Wildman–Crippen LogP) is 3.42. The lowest BCUT2D eigenvalue weighted by Crippen LogP contribution is -2.39. The van der Waals surface area contributed by atoms with E-state index in [0.29, 0.717) is 23.7 Å². The molecule has 1 unspecified atom stereocenters. The van der Waals surface area contributed by atoms with Gasteiger partial charge in [-0.15, -0.1) is 0 Å². The van der Waals surface area contributed by atoms with Gasteiger partial charge in [-0.3, -0.25) is 4.79 Å². The molecule has 3 N–H and O–H groups in total. The summed E-state index contributed by atoms with van der Waals surface area (Å²) in [5, 5.41) is 3.47. The van der Waals surface area contributed by atoms with Crippen molar-refractivity contribution in [1.29, 1.82) is 0 Å². The molecule has 1 amide bonds. The number of hydrogen-bond acceptors (Lipinski definition) is 2. The predicted molar refractivity (Wildman–Crippen MR) is 75.2 cm³/mol. The first-order valence-electron chi connectivity index (χ1n) is 5.39. The first-order chi connectivity index (χ1) is 7.92. The quantitative estimate of drug-likeness (QED) is 0.893. The number of nitrogens with two attached hydrogens (primary N) is 1. The number of carbonyl (C=O) groups excluding carboxylic acids is 1. The lowest BCUT2D eigenvalue weighted by molar-refractivity contribution is -0.124. The Morgan fingerprint density at radius 3 is 2.71 bits per heavy atom. The van der Waals surface area contributed by atoms with Crippen LogP contribution >= 0.6 is 27.5 Å². The molecule has 0 aliphatic heterocycles. The van der Waals surface area contributed by atoms with Crippen molar-refractivity contribution in [3.05, 3.63) is 27.7 Å². The highest BCUT2D eigenvalue weighted by Gasteiger charge is 2.29. The van der Waals surface area contributed by atoms with Crippen molar-refractivity contribution in [2.75, 3.05) is 11.9 Å². The van der Waals surface area contributed by atoms with E-state index in [1.807, 2.05) is 13.8 Å². The lowest BCUT2D eigenvalue weighted by atomic mass is 9.86. The zero-order valence-corrected chi connectivity index (χ0v) is 12.2. The Morgan fingerprint density at radius 1 is 1.59 bits per heavy atom. The second-order valence-corrected chi connectivity index (χ2v) is 5.49. The van der Waals surface area contributed by atoms with Crippen LogP contribution < -0.4 is 11.1 Å². The molecular formula is C12H16BrClN2O. The van der Waals surface area contributed by atoms with Gasteiger partial charge in [0.15, 0.2) is 0 Å². The maximum atomic E-state index is 12.1. The second-order valence-electron chi connectivity index (χ2n) is 4.20. The van der Waals surface area contributed by atoms with Crippen molar-refractivity contribution in [2.24, 2.45) is 11.1 Å². The third kappa shape index (κ3) is 3.44. The average Bonchev–Trinajstić information content (AvgIpc) is 2.31. The third-order valence-electron chi connectivity index (χ3n) is 2.96. The molecule has 0 aliphatic rings. The second kappa shape index (κ2) is 5.85. The number of rotatable bonds is 4. The van der Waals surface area contributed by atoms with Crippen LogP contribution in [0.25, 0.3) is 0 Å². The van der Waals surface area contributed by atoms with Gasteiger partial charge in [0.05, 0.1) is 11.1 Å². The van der Waals surface area contributed by atoms with Gasteiger partial charge < -0.3 is 11.1 Å². The minimum Gasteiger partial charge on any atom is -0.329 e. The monoisotopic (exact) mass is 318 g/mol. The molecular weight excluding hydrogens is 304 g/mol. The summed E-state index contributed by atoms with van der Waals surface area (Å²) < 4.78 is 0.758. The van der Waals surface area contributed by atoms with Crippen LogP contribution in [0.5, 0.6) is 0 Å². The van der Waals surface area contributed by atoms with Crippen LogP contribution in [0.2, 0.25) is 5.02 Å². The molecule has 0 aromatic heterocycles. The highest BCUT2D eigenvalue weighted by atomic mass is 79.9. The summed E-state index contributed by atoms with van der Waals surface area (Å²) in [5.74, 6) is -0.0782. The Bertz CT molecular complexity index is 419. The molecule has 0 spiro atoms. The van der Waals surface area contributed by atoms with Crippen molar-refractivity contribution in [3.8, 4) is 0 Å². The van der Waals surface area contributed by atoms with Crippen molar-refractivity contribution in [3.63, 3.8) is 0 Å². The molecule has 1 rings (SSSR count). The Kier molecular flexibility index (Phi) is 4.98. The molecule has 1 aromatic carbocycles. The van der Waals surface area contributed by atoms with Gasteiger partial charge in [-0.1, -0.05) is 18.5 Å². The van der Waals surface area contributed by atoms with Gasteiger partial charge in [0, 0.05) is 16.0 Å². The minimum absolute atomic E-state index is 0.0782. The lowest BCUT2D eigenvalue weighted by Gasteiger charge is -2.25. The van der Waals surface area contributed by atoms with Crippen LogP contribution in [0.1, 0.15) is 20.3 Å². The largest absolute Gasteiger partial charge is 0.329 e. The smallest absolute Gasteiger partial charge is 0.231 e. The zero-order chi connectivity index (χ0) is 13.1. The molecule has 1 atom stereocenters. The van der Waals surface area contributed by atoms with Gasteiger partial charge in [-0.05, 0) is 47.5 Å².